The van der Waals surface area contributed by atoms with Gasteiger partial charge in [-0.15, -0.1) is 12.3 Å². The lowest BCUT2D eigenvalue weighted by Crippen LogP contribution is -2.44. The first kappa shape index (κ1) is 12.5. The van der Waals surface area contributed by atoms with Crippen LogP contribution in [0.5, 0.6) is 0 Å². The molecule has 1 rings (SSSR count). The van der Waals surface area contributed by atoms with Crippen LogP contribution in [-0.4, -0.2) is 36.1 Å². The first-order chi connectivity index (χ1) is 7.56. The highest BCUT2D eigenvalue weighted by Crippen LogP contribution is 2.16. The third-order valence-electron chi connectivity index (χ3n) is 2.79. The molecular weight excluding hydrogens is 208 g/mol. The highest BCUT2D eigenvalue weighted by atomic mass is 16.4. The number of nitrogens with one attached hydrogen (secondary N) is 2. The number of terminal acetylenes is 1. The Hall–Kier alpha value is -1.54. The van der Waals surface area contributed by atoms with Crippen molar-refractivity contribution in [3.8, 4) is 12.3 Å². The molecule has 1 fully saturated rings. The predicted octanol–water partition coefficient (Wildman–Crippen LogP) is -0.565. The average molecular weight is 224 g/mol. The van der Waals surface area contributed by atoms with Gasteiger partial charge in [0.2, 0.25) is 5.91 Å². The molecule has 3 N–H and O–H groups in total. The van der Waals surface area contributed by atoms with E-state index in [-0.39, 0.29) is 24.2 Å². The van der Waals surface area contributed by atoms with Crippen molar-refractivity contribution in [3.63, 3.8) is 0 Å². The quantitative estimate of drug-likeness (QED) is 0.559. The molecule has 1 aliphatic heterocycles. The van der Waals surface area contributed by atoms with E-state index in [2.05, 4.69) is 16.6 Å². The molecule has 0 radical (unpaired) electrons. The zero-order valence-electron chi connectivity index (χ0n) is 9.19. The van der Waals surface area contributed by atoms with E-state index < -0.39 is 12.0 Å². The van der Waals surface area contributed by atoms with Gasteiger partial charge < -0.3 is 15.7 Å². The van der Waals surface area contributed by atoms with E-state index in [4.69, 9.17) is 11.5 Å². The van der Waals surface area contributed by atoms with Gasteiger partial charge in [-0.3, -0.25) is 4.79 Å². The second-order valence-corrected chi connectivity index (χ2v) is 4.05. The van der Waals surface area contributed by atoms with Crippen molar-refractivity contribution in [2.24, 2.45) is 11.8 Å². The van der Waals surface area contributed by atoms with E-state index in [0.29, 0.717) is 6.54 Å². The number of carboxylic acids is 1. The lowest BCUT2D eigenvalue weighted by atomic mass is 9.97. The monoisotopic (exact) mass is 224 g/mol. The molecule has 0 aliphatic carbocycles. The molecule has 1 unspecified atom stereocenters. The van der Waals surface area contributed by atoms with Gasteiger partial charge in [0.15, 0.2) is 0 Å². The number of amides is 1. The van der Waals surface area contributed by atoms with Crippen molar-refractivity contribution < 1.29 is 14.7 Å². The lowest BCUT2D eigenvalue weighted by molar-refractivity contribution is -0.142. The Morgan fingerprint density at radius 2 is 2.31 bits per heavy atom. The SMILES string of the molecule is C#CCC(NC(=O)[C@@H]1CNC[C@H]1C)C(=O)O. The summed E-state index contributed by atoms with van der Waals surface area (Å²) >= 11 is 0. The third-order valence-corrected chi connectivity index (χ3v) is 2.79. The summed E-state index contributed by atoms with van der Waals surface area (Å²) in [6.07, 6.45) is 5.06. The van der Waals surface area contributed by atoms with E-state index in [1.807, 2.05) is 6.92 Å². The fraction of sp³-hybridized carbons (Fsp3) is 0.636. The Labute approximate surface area is 94.6 Å². The van der Waals surface area contributed by atoms with E-state index in [9.17, 15) is 9.59 Å². The molecular formula is C11H16N2O3. The molecule has 88 valence electrons. The first-order valence-corrected chi connectivity index (χ1v) is 5.23. The lowest BCUT2D eigenvalue weighted by Gasteiger charge is -2.17. The minimum atomic E-state index is -1.09. The topological polar surface area (TPSA) is 78.4 Å². The number of carboxylic acid groups (broad SMARTS) is 1. The van der Waals surface area contributed by atoms with Gasteiger partial charge in [0, 0.05) is 13.0 Å². The molecule has 0 aromatic rings. The van der Waals surface area contributed by atoms with Crippen molar-refractivity contribution in [3.05, 3.63) is 0 Å². The van der Waals surface area contributed by atoms with Crippen molar-refractivity contribution in [2.75, 3.05) is 13.1 Å². The normalized spacial score (nSPS) is 25.8. The summed E-state index contributed by atoms with van der Waals surface area (Å²) in [4.78, 5) is 22.6. The molecule has 0 bridgehead atoms. The first-order valence-electron chi connectivity index (χ1n) is 5.23. The zero-order chi connectivity index (χ0) is 12.1. The van der Waals surface area contributed by atoms with E-state index in [0.717, 1.165) is 6.54 Å². The molecule has 1 saturated heterocycles. The van der Waals surface area contributed by atoms with Gasteiger partial charge in [-0.25, -0.2) is 4.79 Å². The summed E-state index contributed by atoms with van der Waals surface area (Å²) in [5.41, 5.74) is 0. The van der Waals surface area contributed by atoms with Crippen LogP contribution in [0.4, 0.5) is 0 Å². The molecule has 5 heteroatoms. The average Bonchev–Trinajstić information content (AvgIpc) is 2.63. The molecule has 16 heavy (non-hydrogen) atoms. The summed E-state index contributed by atoms with van der Waals surface area (Å²) in [6, 6.07) is -0.981. The van der Waals surface area contributed by atoms with Crippen molar-refractivity contribution in [1.82, 2.24) is 10.6 Å². The summed E-state index contributed by atoms with van der Waals surface area (Å²) in [5, 5.41) is 14.4. The highest BCUT2D eigenvalue weighted by molar-refractivity contribution is 5.85. The Balaban J connectivity index is 2.55. The Morgan fingerprint density at radius 3 is 2.75 bits per heavy atom. The molecule has 0 spiro atoms. The van der Waals surface area contributed by atoms with Crippen molar-refractivity contribution in [1.29, 1.82) is 0 Å². The van der Waals surface area contributed by atoms with Crippen LogP contribution in [-0.2, 0) is 9.59 Å². The summed E-state index contributed by atoms with van der Waals surface area (Å²) in [7, 11) is 0. The molecule has 0 saturated carbocycles. The fourth-order valence-corrected chi connectivity index (χ4v) is 1.76. The van der Waals surface area contributed by atoms with Crippen LogP contribution in [0.2, 0.25) is 0 Å². The number of aliphatic carboxylic acids is 1. The Bertz CT molecular complexity index is 322. The minimum Gasteiger partial charge on any atom is -0.480 e. The van der Waals surface area contributed by atoms with Gasteiger partial charge in [0.25, 0.3) is 0 Å². The van der Waals surface area contributed by atoms with Crippen molar-refractivity contribution in [2.45, 2.75) is 19.4 Å². The molecule has 1 heterocycles. The van der Waals surface area contributed by atoms with E-state index in [1.54, 1.807) is 0 Å². The Morgan fingerprint density at radius 1 is 1.62 bits per heavy atom. The van der Waals surface area contributed by atoms with E-state index in [1.165, 1.54) is 0 Å². The maximum absolute atomic E-state index is 11.8. The summed E-state index contributed by atoms with van der Waals surface area (Å²) in [5.74, 6) is 0.972. The van der Waals surface area contributed by atoms with Crippen molar-refractivity contribution >= 4 is 11.9 Å². The number of carbonyl (C=O) groups excluding carboxylic acids is 1. The van der Waals surface area contributed by atoms with Gasteiger partial charge >= 0.3 is 5.97 Å². The largest absolute Gasteiger partial charge is 0.480 e. The van der Waals surface area contributed by atoms with Crippen LogP contribution in [0.25, 0.3) is 0 Å². The van der Waals surface area contributed by atoms with Crippen LogP contribution in [0, 0.1) is 24.2 Å². The third kappa shape index (κ3) is 2.97. The number of rotatable bonds is 4. The zero-order valence-corrected chi connectivity index (χ0v) is 9.19. The molecule has 1 aliphatic rings. The predicted molar refractivity (Wildman–Crippen MR) is 58.5 cm³/mol. The van der Waals surface area contributed by atoms with Gasteiger partial charge in [0.1, 0.15) is 6.04 Å². The van der Waals surface area contributed by atoms with Crippen LogP contribution in [0.3, 0.4) is 0 Å². The van der Waals surface area contributed by atoms with Gasteiger partial charge in [0.05, 0.1) is 5.92 Å². The fourth-order valence-electron chi connectivity index (χ4n) is 1.76. The minimum absolute atomic E-state index is 0.00953. The molecule has 5 nitrogen and oxygen atoms in total. The van der Waals surface area contributed by atoms with Gasteiger partial charge in [-0.05, 0) is 12.5 Å². The number of carbonyl (C=O) groups is 2. The van der Waals surface area contributed by atoms with E-state index >= 15 is 0 Å². The van der Waals surface area contributed by atoms with Gasteiger partial charge in [-0.1, -0.05) is 6.92 Å². The smallest absolute Gasteiger partial charge is 0.327 e. The number of hydrogen-bond acceptors (Lipinski definition) is 3. The molecule has 0 aromatic heterocycles. The van der Waals surface area contributed by atoms with Crippen LogP contribution in [0.1, 0.15) is 13.3 Å². The maximum Gasteiger partial charge on any atom is 0.327 e. The molecule has 3 atom stereocenters. The highest BCUT2D eigenvalue weighted by Gasteiger charge is 2.31. The summed E-state index contributed by atoms with van der Waals surface area (Å²) < 4.78 is 0. The molecule has 1 amide bonds. The Kier molecular flexibility index (Phi) is 4.32. The van der Waals surface area contributed by atoms with Crippen LogP contribution >= 0.6 is 0 Å². The maximum atomic E-state index is 11.8. The number of hydrogen-bond donors (Lipinski definition) is 3. The van der Waals surface area contributed by atoms with Crippen LogP contribution < -0.4 is 10.6 Å². The second-order valence-electron chi connectivity index (χ2n) is 4.05. The standard InChI is InChI=1S/C11H16N2O3/c1-3-4-9(11(15)16)13-10(14)8-6-12-5-7(8)2/h1,7-9,12H,4-6H2,2H3,(H,13,14)(H,15,16)/t7-,8-,9?/m1/s1. The van der Waals surface area contributed by atoms with Crippen LogP contribution in [0.15, 0.2) is 0 Å². The van der Waals surface area contributed by atoms with Gasteiger partial charge in [-0.2, -0.15) is 0 Å². The summed E-state index contributed by atoms with van der Waals surface area (Å²) in [6.45, 7) is 3.33. The second kappa shape index (κ2) is 5.52. The molecule has 0 aromatic carbocycles.